The van der Waals surface area contributed by atoms with Gasteiger partial charge >= 0.3 is 5.69 Å². The van der Waals surface area contributed by atoms with Gasteiger partial charge in [0.25, 0.3) is 0 Å². The van der Waals surface area contributed by atoms with Crippen molar-refractivity contribution in [2.45, 2.75) is 6.10 Å². The molecule has 98 valence electrons. The Balaban J connectivity index is 2.03. The second kappa shape index (κ2) is 5.89. The monoisotopic (exact) mass is 274 g/mol. The molecule has 0 spiro atoms. The molecule has 2 heterocycles. The van der Waals surface area contributed by atoms with Crippen LogP contribution in [0.4, 0.5) is 11.5 Å². The average molecular weight is 275 g/mol. The fourth-order valence-electron chi connectivity index (χ4n) is 1.48. The zero-order valence-electron chi connectivity index (χ0n) is 9.34. The molecule has 1 atom stereocenters. The minimum atomic E-state index is -0.573. The van der Waals surface area contributed by atoms with Gasteiger partial charge in [-0.3, -0.25) is 10.1 Å². The Bertz CT molecular complexity index is 439. The molecule has 0 saturated carbocycles. The number of halogens is 1. The summed E-state index contributed by atoms with van der Waals surface area (Å²) in [4.78, 5) is 17.6. The molecule has 1 unspecified atom stereocenters. The number of nitro groups is 1. The van der Waals surface area contributed by atoms with Gasteiger partial charge in [-0.05, 0) is 11.6 Å². The van der Waals surface area contributed by atoms with Crippen molar-refractivity contribution in [2.75, 3.05) is 31.7 Å². The van der Waals surface area contributed by atoms with Gasteiger partial charge in [0.15, 0.2) is 0 Å². The van der Waals surface area contributed by atoms with Crippen molar-refractivity contribution in [3.63, 3.8) is 0 Å². The number of hydrogen-bond donors (Lipinski definition) is 1. The van der Waals surface area contributed by atoms with Crippen LogP contribution in [0.25, 0.3) is 0 Å². The zero-order chi connectivity index (χ0) is 13.0. The van der Waals surface area contributed by atoms with E-state index in [2.05, 4.69) is 15.3 Å². The second-order valence-electron chi connectivity index (χ2n) is 3.58. The highest BCUT2D eigenvalue weighted by Gasteiger charge is 2.19. The Kier molecular flexibility index (Phi) is 4.24. The van der Waals surface area contributed by atoms with E-state index in [1.54, 1.807) is 0 Å². The summed E-state index contributed by atoms with van der Waals surface area (Å²) in [6.45, 7) is 1.88. The smallest absolute Gasteiger partial charge is 0.329 e. The van der Waals surface area contributed by atoms with Crippen LogP contribution in [-0.2, 0) is 9.47 Å². The van der Waals surface area contributed by atoms with Crippen LogP contribution in [0.1, 0.15) is 0 Å². The van der Waals surface area contributed by atoms with Crippen molar-refractivity contribution >= 4 is 23.1 Å². The molecule has 0 radical (unpaired) electrons. The number of ether oxygens (including phenoxy) is 2. The Morgan fingerprint density at radius 3 is 3.11 bits per heavy atom. The van der Waals surface area contributed by atoms with Crippen molar-refractivity contribution in [3.05, 3.63) is 21.6 Å². The van der Waals surface area contributed by atoms with Crippen LogP contribution < -0.4 is 5.32 Å². The molecule has 1 aromatic heterocycles. The third-order valence-electron chi connectivity index (χ3n) is 2.32. The lowest BCUT2D eigenvalue weighted by Gasteiger charge is -2.23. The molecule has 2 rings (SSSR count). The van der Waals surface area contributed by atoms with Gasteiger partial charge in [0.2, 0.25) is 11.1 Å². The third kappa shape index (κ3) is 3.25. The largest absolute Gasteiger partial charge is 0.376 e. The molecule has 1 aromatic rings. The Morgan fingerprint density at radius 2 is 2.44 bits per heavy atom. The Hall–Kier alpha value is -1.51. The minimum Gasteiger partial charge on any atom is -0.376 e. The molecule has 0 amide bonds. The number of anilines is 1. The van der Waals surface area contributed by atoms with E-state index < -0.39 is 4.92 Å². The van der Waals surface area contributed by atoms with Gasteiger partial charge in [0, 0.05) is 6.54 Å². The van der Waals surface area contributed by atoms with Crippen molar-refractivity contribution in [1.82, 2.24) is 9.97 Å². The first-order chi connectivity index (χ1) is 8.66. The molecule has 1 N–H and O–H groups in total. The van der Waals surface area contributed by atoms with E-state index in [4.69, 9.17) is 21.1 Å². The van der Waals surface area contributed by atoms with Crippen molar-refractivity contribution in [1.29, 1.82) is 0 Å². The molecule has 18 heavy (non-hydrogen) atoms. The minimum absolute atomic E-state index is 0.0519. The van der Waals surface area contributed by atoms with Gasteiger partial charge in [-0.2, -0.15) is 4.98 Å². The van der Waals surface area contributed by atoms with E-state index in [1.165, 1.54) is 0 Å². The van der Waals surface area contributed by atoms with Crippen LogP contribution >= 0.6 is 11.6 Å². The lowest BCUT2D eigenvalue weighted by molar-refractivity contribution is -0.384. The maximum absolute atomic E-state index is 10.8. The standard InChI is InChI=1S/C9H11ClN4O4/c10-9-12-4-7(14(15)16)8(13-9)11-3-6-5-17-1-2-18-6/h4,6H,1-3,5H2,(H,11,12,13). The summed E-state index contributed by atoms with van der Waals surface area (Å²) < 4.78 is 10.6. The summed E-state index contributed by atoms with van der Waals surface area (Å²) >= 11 is 5.60. The topological polar surface area (TPSA) is 99.4 Å². The Morgan fingerprint density at radius 1 is 1.61 bits per heavy atom. The number of hydrogen-bond acceptors (Lipinski definition) is 7. The van der Waals surface area contributed by atoms with Gasteiger partial charge in [-0.1, -0.05) is 0 Å². The highest BCUT2D eigenvalue weighted by atomic mass is 35.5. The number of rotatable bonds is 4. The summed E-state index contributed by atoms with van der Waals surface area (Å²) in [5.41, 5.74) is -0.226. The fraction of sp³-hybridized carbons (Fsp3) is 0.556. The van der Waals surface area contributed by atoms with Crippen LogP contribution in [0, 0.1) is 10.1 Å². The van der Waals surface area contributed by atoms with Gasteiger partial charge in [0.05, 0.1) is 30.8 Å². The number of nitrogens with one attached hydrogen (secondary N) is 1. The maximum atomic E-state index is 10.8. The third-order valence-corrected chi connectivity index (χ3v) is 2.50. The molecule has 1 saturated heterocycles. The van der Waals surface area contributed by atoms with Gasteiger partial charge in [-0.15, -0.1) is 0 Å². The molecule has 1 aliphatic heterocycles. The highest BCUT2D eigenvalue weighted by molar-refractivity contribution is 6.28. The predicted molar refractivity (Wildman–Crippen MR) is 62.7 cm³/mol. The molecule has 0 bridgehead atoms. The van der Waals surface area contributed by atoms with E-state index in [1.807, 2.05) is 0 Å². The molecule has 0 aliphatic carbocycles. The van der Waals surface area contributed by atoms with Gasteiger partial charge < -0.3 is 14.8 Å². The Labute approximate surface area is 107 Å². The van der Waals surface area contributed by atoms with Crippen molar-refractivity contribution < 1.29 is 14.4 Å². The second-order valence-corrected chi connectivity index (χ2v) is 3.92. The first kappa shape index (κ1) is 12.9. The van der Waals surface area contributed by atoms with E-state index in [-0.39, 0.29) is 22.9 Å². The quantitative estimate of drug-likeness (QED) is 0.494. The lowest BCUT2D eigenvalue weighted by atomic mass is 10.3. The average Bonchev–Trinajstić information content (AvgIpc) is 2.37. The van der Waals surface area contributed by atoms with Gasteiger partial charge in [-0.25, -0.2) is 4.98 Å². The zero-order valence-corrected chi connectivity index (χ0v) is 10.1. The normalized spacial score (nSPS) is 19.5. The lowest BCUT2D eigenvalue weighted by Crippen LogP contribution is -2.34. The molecule has 9 heteroatoms. The summed E-state index contributed by atoms with van der Waals surface area (Å²) in [6.07, 6.45) is 0.905. The molecular weight excluding hydrogens is 264 g/mol. The van der Waals surface area contributed by atoms with Crippen LogP contribution in [-0.4, -0.2) is 47.4 Å². The van der Waals surface area contributed by atoms with Crippen LogP contribution in [0.5, 0.6) is 0 Å². The summed E-state index contributed by atoms with van der Waals surface area (Å²) in [7, 11) is 0. The van der Waals surface area contributed by atoms with E-state index in [9.17, 15) is 10.1 Å². The van der Waals surface area contributed by atoms with Crippen molar-refractivity contribution in [2.24, 2.45) is 0 Å². The summed E-state index contributed by atoms with van der Waals surface area (Å²) in [5.74, 6) is 0.0779. The SMILES string of the molecule is O=[N+]([O-])c1cnc(Cl)nc1NCC1COCCO1. The number of nitrogens with zero attached hydrogens (tertiary/aromatic N) is 3. The maximum Gasteiger partial charge on any atom is 0.329 e. The van der Waals surface area contributed by atoms with Gasteiger partial charge in [0.1, 0.15) is 6.20 Å². The first-order valence-electron chi connectivity index (χ1n) is 5.27. The molecule has 8 nitrogen and oxygen atoms in total. The molecule has 1 aliphatic rings. The predicted octanol–water partition coefficient (Wildman–Crippen LogP) is 0.865. The molecular formula is C9H11ClN4O4. The molecule has 1 fully saturated rings. The van der Waals surface area contributed by atoms with Crippen molar-refractivity contribution in [3.8, 4) is 0 Å². The summed E-state index contributed by atoms with van der Waals surface area (Å²) in [6, 6.07) is 0. The first-order valence-corrected chi connectivity index (χ1v) is 5.65. The van der Waals surface area contributed by atoms with E-state index >= 15 is 0 Å². The fourth-order valence-corrected chi connectivity index (χ4v) is 1.62. The number of aromatic nitrogens is 2. The van der Waals surface area contributed by atoms with Crippen LogP contribution in [0.15, 0.2) is 6.20 Å². The van der Waals surface area contributed by atoms with Crippen LogP contribution in [0.3, 0.4) is 0 Å². The molecule has 0 aromatic carbocycles. The van der Waals surface area contributed by atoms with E-state index in [0.717, 1.165) is 6.20 Å². The highest BCUT2D eigenvalue weighted by Crippen LogP contribution is 2.22. The van der Waals surface area contributed by atoms with Crippen LogP contribution in [0.2, 0.25) is 5.28 Å². The summed E-state index contributed by atoms with van der Waals surface area (Å²) in [5, 5.41) is 13.5. The van der Waals surface area contributed by atoms with E-state index in [0.29, 0.717) is 26.4 Å².